The summed E-state index contributed by atoms with van der Waals surface area (Å²) in [6.07, 6.45) is 30.8. The molecule has 0 aliphatic carbocycles. The molecular weight excluding hydrogens is 602 g/mol. The van der Waals surface area contributed by atoms with Gasteiger partial charge in [0, 0.05) is 13.0 Å². The van der Waals surface area contributed by atoms with Gasteiger partial charge in [-0.2, -0.15) is 0 Å². The fraction of sp³-hybridized carbons (Fsp3) is 0.971. The number of hydrogen-bond acceptors (Lipinski definition) is 5. The smallest absolute Gasteiger partial charge is 0.380 e. The lowest BCUT2D eigenvalue weighted by Gasteiger charge is -2.18. The first kappa shape index (κ1) is 43.2. The zero-order chi connectivity index (χ0) is 31.7. The summed E-state index contributed by atoms with van der Waals surface area (Å²) < 4.78 is 27.9. The van der Waals surface area contributed by atoms with E-state index in [1.165, 1.54) is 141 Å². The molecule has 0 aliphatic heterocycles. The molecule has 0 amide bonds. The zero-order valence-electron chi connectivity index (χ0n) is 28.2. The quantitative estimate of drug-likeness (QED) is 0.0381. The van der Waals surface area contributed by atoms with Crippen molar-refractivity contribution in [3.8, 4) is 0 Å². The van der Waals surface area contributed by atoms with Crippen molar-refractivity contribution in [2.24, 2.45) is 0 Å². The number of hydrogen-bond donors (Lipinski definition) is 0. The number of unbranched alkanes of at least 4 members (excludes halogenated alkanes) is 25. The predicted octanol–water partition coefficient (Wildman–Crippen LogP) is 13.5. The minimum absolute atomic E-state index is 0.132. The molecule has 0 rings (SSSR count). The van der Waals surface area contributed by atoms with Crippen molar-refractivity contribution in [3.63, 3.8) is 0 Å². The fourth-order valence-electron chi connectivity index (χ4n) is 5.43. The number of rotatable bonds is 35. The van der Waals surface area contributed by atoms with E-state index in [1.807, 2.05) is 0 Å². The highest BCUT2D eigenvalue weighted by Gasteiger charge is 2.21. The molecule has 0 saturated heterocycles. The van der Waals surface area contributed by atoms with Crippen molar-refractivity contribution >= 4 is 34.5 Å². The maximum Gasteiger partial charge on any atom is 0.380 e. The van der Waals surface area contributed by atoms with Gasteiger partial charge in [0.15, 0.2) is 0 Å². The summed E-state index contributed by atoms with van der Waals surface area (Å²) in [4.78, 5) is 12.4. The molecule has 8 heteroatoms. The van der Waals surface area contributed by atoms with E-state index in [4.69, 9.17) is 36.5 Å². The molecule has 0 N–H and O–H groups in total. The third-order valence-electron chi connectivity index (χ3n) is 8.14. The molecule has 0 aromatic rings. The molecule has 258 valence electrons. The minimum Gasteiger partial charge on any atom is -0.457 e. The third kappa shape index (κ3) is 36.5. The Balaban J connectivity index is 3.80. The van der Waals surface area contributed by atoms with E-state index in [1.54, 1.807) is 0 Å². The van der Waals surface area contributed by atoms with Gasteiger partial charge in [-0.05, 0) is 35.3 Å². The van der Waals surface area contributed by atoms with Crippen LogP contribution in [0.4, 0.5) is 0 Å². The van der Waals surface area contributed by atoms with Crippen LogP contribution in [0.25, 0.3) is 0 Å². The molecular formula is C35H69Cl2O5P. The van der Waals surface area contributed by atoms with E-state index in [9.17, 15) is 9.36 Å². The first-order valence-corrected chi connectivity index (χ1v) is 21.7. The molecule has 43 heavy (non-hydrogen) atoms. The van der Waals surface area contributed by atoms with Gasteiger partial charge in [-0.15, -0.1) is 0 Å². The lowest BCUT2D eigenvalue weighted by atomic mass is 10.0. The van der Waals surface area contributed by atoms with Gasteiger partial charge in [-0.3, -0.25) is 9.36 Å². The van der Waals surface area contributed by atoms with Crippen LogP contribution in [-0.2, 0) is 23.4 Å². The average molecular weight is 672 g/mol. The highest BCUT2D eigenvalue weighted by Crippen LogP contribution is 2.57. The third-order valence-corrected chi connectivity index (χ3v) is 9.17. The second-order valence-corrected chi connectivity index (χ2v) is 16.8. The maximum atomic E-state index is 12.4. The summed E-state index contributed by atoms with van der Waals surface area (Å²) in [5.41, 5.74) is 0. The molecule has 0 bridgehead atoms. The van der Waals surface area contributed by atoms with Crippen molar-refractivity contribution in [1.29, 1.82) is 0 Å². The molecule has 0 aromatic heterocycles. The Kier molecular flexibility index (Phi) is 33.7. The van der Waals surface area contributed by atoms with Crippen LogP contribution in [0.3, 0.4) is 0 Å². The number of halogens is 2. The van der Waals surface area contributed by atoms with E-state index < -0.39 is 12.2 Å². The fourth-order valence-corrected chi connectivity index (χ4v) is 6.11. The number of carbonyl (C=O) groups is 1. The van der Waals surface area contributed by atoms with Crippen molar-refractivity contribution < 1.29 is 23.4 Å². The highest BCUT2D eigenvalue weighted by molar-refractivity contribution is 8.05. The molecule has 1 unspecified atom stereocenters. The number of esters is 1. The summed E-state index contributed by atoms with van der Waals surface area (Å²) in [5, 5.41) is 0. The van der Waals surface area contributed by atoms with Gasteiger partial charge in [-0.25, -0.2) is 0 Å². The Bertz CT molecular complexity index is 631. The second-order valence-electron chi connectivity index (χ2n) is 12.5. The molecule has 1 atom stereocenters. The van der Waals surface area contributed by atoms with Crippen molar-refractivity contribution in [3.05, 3.63) is 0 Å². The highest BCUT2D eigenvalue weighted by atomic mass is 35.9. The molecule has 0 aliphatic rings. The average Bonchev–Trinajstić information content (AvgIpc) is 2.97. The summed E-state index contributed by atoms with van der Waals surface area (Å²) in [5.74, 6) is -0.282. The van der Waals surface area contributed by atoms with Crippen LogP contribution in [0.15, 0.2) is 0 Å². The molecule has 0 saturated carbocycles. The molecule has 0 heterocycles. The van der Waals surface area contributed by atoms with Crippen LogP contribution in [0.1, 0.15) is 194 Å². The molecule has 5 nitrogen and oxygen atoms in total. The standard InChI is InChI=1S/C35H69Cl2O5P/c1-3-5-7-9-11-13-15-17-19-21-23-25-27-29-31-40-32-34(33-41-43(36,37)39)42-35(38)30-28-26-24-22-20-18-16-14-12-10-8-6-4-2/h34H,3-33H2,1-2H3. The Labute approximate surface area is 276 Å². The monoisotopic (exact) mass is 670 g/mol. The van der Waals surface area contributed by atoms with Crippen molar-refractivity contribution in [2.75, 3.05) is 19.8 Å². The van der Waals surface area contributed by atoms with E-state index in [-0.39, 0.29) is 19.2 Å². The van der Waals surface area contributed by atoms with E-state index in [0.717, 1.165) is 32.1 Å². The normalized spacial score (nSPS) is 12.6. The minimum atomic E-state index is -3.69. The predicted molar refractivity (Wildman–Crippen MR) is 187 cm³/mol. The van der Waals surface area contributed by atoms with Crippen LogP contribution in [0.2, 0.25) is 0 Å². The maximum absolute atomic E-state index is 12.4. The van der Waals surface area contributed by atoms with Crippen LogP contribution >= 0.6 is 28.6 Å². The summed E-state index contributed by atoms with van der Waals surface area (Å²) in [7, 11) is 0. The van der Waals surface area contributed by atoms with Gasteiger partial charge >= 0.3 is 12.0 Å². The van der Waals surface area contributed by atoms with Gasteiger partial charge in [0.2, 0.25) is 0 Å². The van der Waals surface area contributed by atoms with E-state index in [2.05, 4.69) is 13.8 Å². The van der Waals surface area contributed by atoms with Gasteiger partial charge < -0.3 is 14.0 Å². The van der Waals surface area contributed by atoms with E-state index >= 15 is 0 Å². The summed E-state index contributed by atoms with van der Waals surface area (Å²) in [6, 6.07) is 0. The molecule has 0 spiro atoms. The topological polar surface area (TPSA) is 61.8 Å². The van der Waals surface area contributed by atoms with Crippen LogP contribution in [0.5, 0.6) is 0 Å². The summed E-state index contributed by atoms with van der Waals surface area (Å²) in [6.45, 7) is 5.19. The van der Waals surface area contributed by atoms with Gasteiger partial charge in [0.25, 0.3) is 0 Å². The van der Waals surface area contributed by atoms with Crippen molar-refractivity contribution in [1.82, 2.24) is 0 Å². The first-order valence-electron chi connectivity index (χ1n) is 18.3. The van der Waals surface area contributed by atoms with Crippen LogP contribution in [-0.4, -0.2) is 31.9 Å². The number of carbonyl (C=O) groups excluding carboxylic acids is 1. The van der Waals surface area contributed by atoms with E-state index in [0.29, 0.717) is 13.0 Å². The lowest BCUT2D eigenvalue weighted by molar-refractivity contribution is -0.154. The Morgan fingerprint density at radius 3 is 1.26 bits per heavy atom. The van der Waals surface area contributed by atoms with Gasteiger partial charge in [0.05, 0.1) is 13.2 Å². The Morgan fingerprint density at radius 1 is 0.535 bits per heavy atom. The lowest BCUT2D eigenvalue weighted by Crippen LogP contribution is -2.28. The van der Waals surface area contributed by atoms with Crippen molar-refractivity contribution in [2.45, 2.75) is 200 Å². The van der Waals surface area contributed by atoms with Gasteiger partial charge in [0.1, 0.15) is 6.10 Å². The van der Waals surface area contributed by atoms with Gasteiger partial charge in [-0.1, -0.05) is 174 Å². The Morgan fingerprint density at radius 2 is 0.884 bits per heavy atom. The molecule has 0 aromatic carbocycles. The Hall–Kier alpha value is 0.200. The zero-order valence-corrected chi connectivity index (χ0v) is 30.6. The largest absolute Gasteiger partial charge is 0.457 e. The SMILES string of the molecule is CCCCCCCCCCCCCCCCOCC(COP(=O)(Cl)Cl)OC(=O)CCCCCCCCCCCCCCC. The first-order chi connectivity index (χ1) is 20.9. The molecule has 0 radical (unpaired) electrons. The van der Waals surface area contributed by atoms with Crippen LogP contribution in [0, 0.1) is 0 Å². The second kappa shape index (κ2) is 33.6. The number of ether oxygens (including phenoxy) is 2. The van der Waals surface area contributed by atoms with Crippen LogP contribution < -0.4 is 0 Å². The molecule has 0 fully saturated rings. The summed E-state index contributed by atoms with van der Waals surface area (Å²) >= 11 is 11.1.